The Kier molecular flexibility index (Phi) is 6.99. The van der Waals surface area contributed by atoms with E-state index in [0.29, 0.717) is 22.2 Å². The lowest BCUT2D eigenvalue weighted by Gasteiger charge is -2.21. The Hall–Kier alpha value is -3.42. The molecule has 1 N–H and O–H groups in total. The zero-order valence-corrected chi connectivity index (χ0v) is 18.6. The molecule has 0 atom stereocenters. The molecule has 2 heterocycles. The molecule has 0 saturated carbocycles. The van der Waals surface area contributed by atoms with Crippen molar-refractivity contribution in [2.75, 3.05) is 11.9 Å². The van der Waals surface area contributed by atoms with Crippen LogP contribution < -0.4 is 5.32 Å². The first-order valence-corrected chi connectivity index (χ1v) is 11.2. The number of rotatable bonds is 8. The number of nitrogens with one attached hydrogen (secondary N) is 1. The molecule has 162 valence electrons. The van der Waals surface area contributed by atoms with Crippen molar-refractivity contribution in [3.8, 4) is 10.6 Å². The van der Waals surface area contributed by atoms with Crippen molar-refractivity contribution in [2.45, 2.75) is 13.0 Å². The molecular formula is C24H20ClN3O3S. The van der Waals surface area contributed by atoms with Crippen molar-refractivity contribution in [3.05, 3.63) is 94.9 Å². The van der Waals surface area contributed by atoms with E-state index in [4.69, 9.17) is 16.0 Å². The molecule has 0 saturated heterocycles. The van der Waals surface area contributed by atoms with E-state index >= 15 is 0 Å². The number of thiazole rings is 1. The fourth-order valence-electron chi connectivity index (χ4n) is 3.13. The minimum Gasteiger partial charge on any atom is -0.467 e. The topological polar surface area (TPSA) is 75.4 Å². The quantitative estimate of drug-likeness (QED) is 0.385. The van der Waals surface area contributed by atoms with Crippen LogP contribution in [0.25, 0.3) is 10.6 Å². The summed E-state index contributed by atoms with van der Waals surface area (Å²) in [6, 6.07) is 20.1. The van der Waals surface area contributed by atoms with Gasteiger partial charge in [-0.15, -0.1) is 11.3 Å². The van der Waals surface area contributed by atoms with E-state index in [2.05, 4.69) is 10.3 Å². The van der Waals surface area contributed by atoms with E-state index in [9.17, 15) is 9.59 Å². The second-order valence-corrected chi connectivity index (χ2v) is 8.37. The number of carbonyl (C=O) groups excluding carboxylic acids is 2. The fraction of sp³-hybridized carbons (Fsp3) is 0.125. The zero-order valence-electron chi connectivity index (χ0n) is 17.0. The van der Waals surface area contributed by atoms with Gasteiger partial charge in [0.2, 0.25) is 11.8 Å². The first-order chi connectivity index (χ1) is 15.6. The first-order valence-electron chi connectivity index (χ1n) is 9.92. The van der Waals surface area contributed by atoms with Crippen molar-refractivity contribution in [1.29, 1.82) is 0 Å². The van der Waals surface area contributed by atoms with Gasteiger partial charge in [0, 0.05) is 21.7 Å². The van der Waals surface area contributed by atoms with E-state index in [0.717, 1.165) is 10.6 Å². The Balaban J connectivity index is 1.45. The monoisotopic (exact) mass is 465 g/mol. The van der Waals surface area contributed by atoms with Gasteiger partial charge in [0.25, 0.3) is 0 Å². The van der Waals surface area contributed by atoms with E-state index in [-0.39, 0.29) is 31.3 Å². The molecule has 4 rings (SSSR count). The van der Waals surface area contributed by atoms with Crippen LogP contribution in [0.4, 0.5) is 5.69 Å². The summed E-state index contributed by atoms with van der Waals surface area (Å²) in [5, 5.41) is 6.08. The van der Waals surface area contributed by atoms with Gasteiger partial charge in [0.15, 0.2) is 0 Å². The van der Waals surface area contributed by atoms with E-state index in [1.807, 2.05) is 41.8 Å². The predicted molar refractivity (Wildman–Crippen MR) is 125 cm³/mol. The minimum atomic E-state index is -0.283. The van der Waals surface area contributed by atoms with Gasteiger partial charge >= 0.3 is 0 Å². The molecule has 0 bridgehead atoms. The van der Waals surface area contributed by atoms with Gasteiger partial charge in [-0.25, -0.2) is 4.98 Å². The third-order valence-electron chi connectivity index (χ3n) is 4.63. The zero-order chi connectivity index (χ0) is 22.3. The molecule has 0 aliphatic heterocycles. The smallest absolute Gasteiger partial charge is 0.244 e. The Morgan fingerprint density at radius 2 is 1.91 bits per heavy atom. The molecule has 0 radical (unpaired) electrons. The molecule has 6 nitrogen and oxygen atoms in total. The molecule has 0 spiro atoms. The minimum absolute atomic E-state index is 0.0798. The van der Waals surface area contributed by atoms with Crippen LogP contribution in [0.1, 0.15) is 11.5 Å². The molecule has 8 heteroatoms. The summed E-state index contributed by atoms with van der Waals surface area (Å²) < 4.78 is 5.39. The average Bonchev–Trinajstić information content (AvgIpc) is 3.46. The van der Waals surface area contributed by atoms with Crippen molar-refractivity contribution in [3.63, 3.8) is 0 Å². The number of anilines is 1. The molecule has 2 aromatic carbocycles. The third kappa shape index (κ3) is 5.84. The number of hydrogen-bond donors (Lipinski definition) is 1. The third-order valence-corrected chi connectivity index (χ3v) is 5.80. The van der Waals surface area contributed by atoms with Crippen LogP contribution in [0.15, 0.2) is 82.8 Å². The van der Waals surface area contributed by atoms with Crippen molar-refractivity contribution < 1.29 is 14.0 Å². The number of halogens is 1. The summed E-state index contributed by atoms with van der Waals surface area (Å²) in [5.74, 6) is 0.102. The summed E-state index contributed by atoms with van der Waals surface area (Å²) in [6.07, 6.45) is 1.62. The maximum absolute atomic E-state index is 13.1. The standard InChI is InChI=1S/C24H20ClN3O3S/c25-18-7-4-6-17(12-18)24-27-20(16-32-24)13-23(30)28(14-21-10-5-11-31-21)15-22(29)26-19-8-2-1-3-9-19/h1-12,16H,13-15H2,(H,26,29). The Morgan fingerprint density at radius 1 is 1.06 bits per heavy atom. The highest BCUT2D eigenvalue weighted by Crippen LogP contribution is 2.26. The van der Waals surface area contributed by atoms with Gasteiger partial charge in [0.05, 0.1) is 24.9 Å². The number of para-hydroxylation sites is 1. The van der Waals surface area contributed by atoms with Crippen molar-refractivity contribution in [1.82, 2.24) is 9.88 Å². The molecule has 4 aromatic rings. The molecule has 0 fully saturated rings. The maximum Gasteiger partial charge on any atom is 0.244 e. The number of nitrogens with zero attached hydrogens (tertiary/aromatic N) is 2. The number of carbonyl (C=O) groups is 2. The van der Waals surface area contributed by atoms with Crippen LogP contribution in [0.2, 0.25) is 5.02 Å². The first kappa shape index (κ1) is 21.8. The second-order valence-electron chi connectivity index (χ2n) is 7.07. The predicted octanol–water partition coefficient (Wildman–Crippen LogP) is 5.27. The van der Waals surface area contributed by atoms with E-state index in [1.165, 1.54) is 16.2 Å². The summed E-state index contributed by atoms with van der Waals surface area (Å²) in [5.41, 5.74) is 2.22. The van der Waals surface area contributed by atoms with Crippen LogP contribution >= 0.6 is 22.9 Å². The van der Waals surface area contributed by atoms with Crippen LogP contribution in [0.3, 0.4) is 0 Å². The molecular weight excluding hydrogens is 446 g/mol. The molecule has 0 unspecified atom stereocenters. The molecule has 2 amide bonds. The second kappa shape index (κ2) is 10.3. The van der Waals surface area contributed by atoms with E-state index in [1.54, 1.807) is 36.6 Å². The number of aromatic nitrogens is 1. The number of hydrogen-bond acceptors (Lipinski definition) is 5. The molecule has 32 heavy (non-hydrogen) atoms. The highest BCUT2D eigenvalue weighted by atomic mass is 35.5. The SMILES string of the molecule is O=C(CN(Cc1ccco1)C(=O)Cc1csc(-c2cccc(Cl)c2)n1)Nc1ccccc1. The molecule has 0 aliphatic carbocycles. The van der Waals surface area contributed by atoms with Gasteiger partial charge < -0.3 is 14.6 Å². The van der Waals surface area contributed by atoms with Crippen molar-refractivity contribution in [2.24, 2.45) is 0 Å². The summed E-state index contributed by atoms with van der Waals surface area (Å²) in [6.45, 7) is 0.0963. The lowest BCUT2D eigenvalue weighted by molar-refractivity contribution is -0.135. The van der Waals surface area contributed by atoms with Crippen LogP contribution in [-0.2, 0) is 22.6 Å². The highest BCUT2D eigenvalue weighted by Gasteiger charge is 2.20. The molecule has 2 aromatic heterocycles. The van der Waals surface area contributed by atoms with Crippen molar-refractivity contribution >= 4 is 40.4 Å². The molecule has 0 aliphatic rings. The summed E-state index contributed by atoms with van der Waals surface area (Å²) >= 11 is 7.52. The average molecular weight is 466 g/mol. The highest BCUT2D eigenvalue weighted by molar-refractivity contribution is 7.13. The number of benzene rings is 2. The van der Waals surface area contributed by atoms with Gasteiger partial charge in [0.1, 0.15) is 17.3 Å². The Labute approximate surface area is 194 Å². The summed E-state index contributed by atoms with van der Waals surface area (Å²) in [4.78, 5) is 31.7. The van der Waals surface area contributed by atoms with Crippen LogP contribution in [0.5, 0.6) is 0 Å². The summed E-state index contributed by atoms with van der Waals surface area (Å²) in [7, 11) is 0. The number of furan rings is 1. The van der Waals surface area contributed by atoms with Crippen LogP contribution in [-0.4, -0.2) is 28.2 Å². The lowest BCUT2D eigenvalue weighted by Crippen LogP contribution is -2.38. The maximum atomic E-state index is 13.1. The van der Waals surface area contributed by atoms with Crippen LogP contribution in [0, 0.1) is 0 Å². The Morgan fingerprint density at radius 3 is 2.66 bits per heavy atom. The lowest BCUT2D eigenvalue weighted by atomic mass is 10.2. The van der Waals surface area contributed by atoms with Gasteiger partial charge in [-0.3, -0.25) is 9.59 Å². The fourth-order valence-corrected chi connectivity index (χ4v) is 4.13. The largest absolute Gasteiger partial charge is 0.467 e. The van der Waals surface area contributed by atoms with Gasteiger partial charge in [-0.05, 0) is 36.4 Å². The Bertz CT molecular complexity index is 1190. The normalized spacial score (nSPS) is 10.7. The van der Waals surface area contributed by atoms with Gasteiger partial charge in [-0.2, -0.15) is 0 Å². The number of amides is 2. The van der Waals surface area contributed by atoms with Gasteiger partial charge in [-0.1, -0.05) is 41.9 Å². The van der Waals surface area contributed by atoms with E-state index < -0.39 is 0 Å².